The molecule has 1 N–H and O–H groups in total. The molecule has 0 radical (unpaired) electrons. The van der Waals surface area contributed by atoms with Crippen LogP contribution in [0.3, 0.4) is 0 Å². The molecule has 1 atom stereocenters. The van der Waals surface area contributed by atoms with Crippen molar-refractivity contribution in [2.45, 2.75) is 19.3 Å². The van der Waals surface area contributed by atoms with Gasteiger partial charge in [0.2, 0.25) is 0 Å². The molecule has 0 saturated heterocycles. The molecule has 0 bridgehead atoms. The van der Waals surface area contributed by atoms with Crippen LogP contribution in [0.15, 0.2) is 36.7 Å². The number of carboxylic acids is 1. The number of nitrogens with zero attached hydrogens (tertiary/aromatic N) is 2. The number of rotatable bonds is 6. The first-order valence-electron chi connectivity index (χ1n) is 6.50. The third kappa shape index (κ3) is 3.44. The molecule has 5 heteroatoms. The molecular formula is C15H17FN2O2. The predicted molar refractivity (Wildman–Crippen MR) is 72.8 cm³/mol. The van der Waals surface area contributed by atoms with Gasteiger partial charge in [0.1, 0.15) is 11.6 Å². The van der Waals surface area contributed by atoms with Gasteiger partial charge in [-0.3, -0.25) is 4.79 Å². The summed E-state index contributed by atoms with van der Waals surface area (Å²) in [5, 5.41) is 9.27. The van der Waals surface area contributed by atoms with Gasteiger partial charge in [-0.25, -0.2) is 9.37 Å². The SMILES string of the molecule is Cn1ccnc1CCC(Cc1ccccc1F)C(=O)O. The highest BCUT2D eigenvalue weighted by molar-refractivity contribution is 5.70. The molecule has 106 valence electrons. The molecule has 1 heterocycles. The molecule has 20 heavy (non-hydrogen) atoms. The third-order valence-corrected chi connectivity index (χ3v) is 3.41. The number of aryl methyl sites for hydroxylation is 2. The summed E-state index contributed by atoms with van der Waals surface area (Å²) in [5.41, 5.74) is 0.444. The fraction of sp³-hybridized carbons (Fsp3) is 0.333. The van der Waals surface area contributed by atoms with E-state index in [1.54, 1.807) is 24.4 Å². The Bertz CT molecular complexity index is 595. The van der Waals surface area contributed by atoms with Crippen LogP contribution in [0.4, 0.5) is 4.39 Å². The van der Waals surface area contributed by atoms with Gasteiger partial charge in [-0.15, -0.1) is 0 Å². The van der Waals surface area contributed by atoms with Crippen LogP contribution in [0.25, 0.3) is 0 Å². The average Bonchev–Trinajstić information content (AvgIpc) is 2.82. The number of hydrogen-bond donors (Lipinski definition) is 1. The van der Waals surface area contributed by atoms with Gasteiger partial charge >= 0.3 is 5.97 Å². The largest absolute Gasteiger partial charge is 0.481 e. The normalized spacial score (nSPS) is 12.3. The number of benzene rings is 1. The van der Waals surface area contributed by atoms with Crippen LogP contribution in [-0.2, 0) is 24.7 Å². The highest BCUT2D eigenvalue weighted by Crippen LogP contribution is 2.17. The Morgan fingerprint density at radius 3 is 2.80 bits per heavy atom. The zero-order valence-corrected chi connectivity index (χ0v) is 11.3. The first-order chi connectivity index (χ1) is 9.58. The minimum atomic E-state index is -0.900. The van der Waals surface area contributed by atoms with Crippen LogP contribution < -0.4 is 0 Å². The van der Waals surface area contributed by atoms with Crippen molar-refractivity contribution in [2.24, 2.45) is 13.0 Å². The fourth-order valence-electron chi connectivity index (χ4n) is 2.18. The molecule has 0 saturated carbocycles. The van der Waals surface area contributed by atoms with Crippen molar-refractivity contribution in [3.8, 4) is 0 Å². The maximum atomic E-state index is 13.6. The topological polar surface area (TPSA) is 55.1 Å². The second kappa shape index (κ2) is 6.32. The van der Waals surface area contributed by atoms with Crippen LogP contribution >= 0.6 is 0 Å². The van der Waals surface area contributed by atoms with Crippen LogP contribution in [-0.4, -0.2) is 20.6 Å². The molecule has 1 aromatic heterocycles. The second-order valence-electron chi connectivity index (χ2n) is 4.82. The summed E-state index contributed by atoms with van der Waals surface area (Å²) in [6.45, 7) is 0. The zero-order valence-electron chi connectivity index (χ0n) is 11.3. The van der Waals surface area contributed by atoms with Crippen molar-refractivity contribution in [3.05, 3.63) is 53.9 Å². The molecule has 0 aliphatic rings. The van der Waals surface area contributed by atoms with Crippen LogP contribution in [0.2, 0.25) is 0 Å². The van der Waals surface area contributed by atoms with E-state index in [9.17, 15) is 14.3 Å². The smallest absolute Gasteiger partial charge is 0.306 e. The van der Waals surface area contributed by atoms with Crippen LogP contribution in [0, 0.1) is 11.7 Å². The Morgan fingerprint density at radius 2 is 2.20 bits per heavy atom. The van der Waals surface area contributed by atoms with Crippen LogP contribution in [0.5, 0.6) is 0 Å². The van der Waals surface area contributed by atoms with Gasteiger partial charge in [0.05, 0.1) is 5.92 Å². The number of hydrogen-bond acceptors (Lipinski definition) is 2. The van der Waals surface area contributed by atoms with E-state index in [1.165, 1.54) is 6.07 Å². The molecule has 0 aliphatic carbocycles. The molecule has 2 rings (SSSR count). The Labute approximate surface area is 116 Å². The molecule has 1 unspecified atom stereocenters. The monoisotopic (exact) mass is 276 g/mol. The average molecular weight is 276 g/mol. The van der Waals surface area contributed by atoms with Crippen molar-refractivity contribution < 1.29 is 14.3 Å². The Balaban J connectivity index is 2.03. The summed E-state index contributed by atoms with van der Waals surface area (Å²) >= 11 is 0. The van der Waals surface area contributed by atoms with Crippen molar-refractivity contribution in [1.29, 1.82) is 0 Å². The van der Waals surface area contributed by atoms with E-state index < -0.39 is 11.9 Å². The number of carboxylic acid groups (broad SMARTS) is 1. The van der Waals surface area contributed by atoms with Gasteiger partial charge in [-0.1, -0.05) is 18.2 Å². The van der Waals surface area contributed by atoms with E-state index >= 15 is 0 Å². The Hall–Kier alpha value is -2.17. The summed E-state index contributed by atoms with van der Waals surface area (Å²) in [4.78, 5) is 15.5. The fourth-order valence-corrected chi connectivity index (χ4v) is 2.18. The summed E-state index contributed by atoms with van der Waals surface area (Å²) in [6, 6.07) is 6.30. The van der Waals surface area contributed by atoms with E-state index in [2.05, 4.69) is 4.98 Å². The first-order valence-corrected chi connectivity index (χ1v) is 6.50. The summed E-state index contributed by atoms with van der Waals surface area (Å²) < 4.78 is 15.4. The summed E-state index contributed by atoms with van der Waals surface area (Å²) in [6.07, 6.45) is 4.71. The minimum absolute atomic E-state index is 0.201. The van der Waals surface area contributed by atoms with Crippen molar-refractivity contribution >= 4 is 5.97 Å². The maximum absolute atomic E-state index is 13.6. The number of aromatic nitrogens is 2. The lowest BCUT2D eigenvalue weighted by Gasteiger charge is -2.12. The van der Waals surface area contributed by atoms with Gasteiger partial charge in [0.15, 0.2) is 0 Å². The molecule has 0 fully saturated rings. The molecule has 2 aromatic rings. The standard InChI is InChI=1S/C15H17FN2O2/c1-18-9-8-17-14(18)7-6-12(15(19)20)10-11-4-2-3-5-13(11)16/h2-5,8-9,12H,6-7,10H2,1H3,(H,19,20). The Kier molecular flexibility index (Phi) is 4.50. The lowest BCUT2D eigenvalue weighted by atomic mass is 9.94. The summed E-state index contributed by atoms with van der Waals surface area (Å²) in [5.74, 6) is -1.02. The number of aliphatic carboxylic acids is 1. The van der Waals surface area contributed by atoms with Gasteiger partial charge in [-0.05, 0) is 24.5 Å². The number of carbonyl (C=O) groups is 1. The maximum Gasteiger partial charge on any atom is 0.306 e. The second-order valence-corrected chi connectivity index (χ2v) is 4.82. The van der Waals surface area contributed by atoms with E-state index in [0.29, 0.717) is 18.4 Å². The molecule has 0 aliphatic heterocycles. The van der Waals surface area contributed by atoms with E-state index in [4.69, 9.17) is 0 Å². The Morgan fingerprint density at radius 1 is 1.45 bits per heavy atom. The van der Waals surface area contributed by atoms with Crippen LogP contribution in [0.1, 0.15) is 17.8 Å². The number of imidazole rings is 1. The molecule has 0 spiro atoms. The third-order valence-electron chi connectivity index (χ3n) is 3.41. The quantitative estimate of drug-likeness (QED) is 0.881. The molecule has 4 nitrogen and oxygen atoms in total. The van der Waals surface area contributed by atoms with Crippen molar-refractivity contribution in [2.75, 3.05) is 0 Å². The zero-order chi connectivity index (χ0) is 14.5. The van der Waals surface area contributed by atoms with Gasteiger partial charge in [0.25, 0.3) is 0 Å². The van der Waals surface area contributed by atoms with Gasteiger partial charge in [-0.2, -0.15) is 0 Å². The summed E-state index contributed by atoms with van der Waals surface area (Å²) in [7, 11) is 1.87. The highest BCUT2D eigenvalue weighted by atomic mass is 19.1. The van der Waals surface area contributed by atoms with E-state index in [0.717, 1.165) is 5.82 Å². The van der Waals surface area contributed by atoms with Crippen molar-refractivity contribution in [1.82, 2.24) is 9.55 Å². The van der Waals surface area contributed by atoms with Crippen molar-refractivity contribution in [3.63, 3.8) is 0 Å². The lowest BCUT2D eigenvalue weighted by Crippen LogP contribution is -2.18. The van der Waals surface area contributed by atoms with E-state index in [-0.39, 0.29) is 12.2 Å². The first kappa shape index (κ1) is 14.2. The number of halogens is 1. The van der Waals surface area contributed by atoms with E-state index in [1.807, 2.05) is 17.8 Å². The molecule has 1 aromatic carbocycles. The predicted octanol–water partition coefficient (Wildman–Crippen LogP) is 2.44. The highest BCUT2D eigenvalue weighted by Gasteiger charge is 2.20. The van der Waals surface area contributed by atoms with Gasteiger partial charge < -0.3 is 9.67 Å². The van der Waals surface area contributed by atoms with Gasteiger partial charge in [0, 0.05) is 25.9 Å². The lowest BCUT2D eigenvalue weighted by molar-refractivity contribution is -0.141. The minimum Gasteiger partial charge on any atom is -0.481 e. The molecule has 0 amide bonds. The molecular weight excluding hydrogens is 259 g/mol.